The summed E-state index contributed by atoms with van der Waals surface area (Å²) in [7, 11) is 0. The molecule has 1 aliphatic carbocycles. The summed E-state index contributed by atoms with van der Waals surface area (Å²) in [5.74, 6) is -0.277. The Morgan fingerprint density at radius 1 is 1.04 bits per heavy atom. The highest BCUT2D eigenvalue weighted by Gasteiger charge is 2.20. The van der Waals surface area contributed by atoms with E-state index in [2.05, 4.69) is 23.5 Å². The summed E-state index contributed by atoms with van der Waals surface area (Å²) >= 11 is 0. The minimum Gasteiger partial charge on any atom is -0.321 e. The Morgan fingerprint density at radius 3 is 2.63 bits per heavy atom. The van der Waals surface area contributed by atoms with Crippen molar-refractivity contribution in [2.24, 2.45) is 0 Å². The first-order chi connectivity index (χ1) is 13.1. The average Bonchev–Trinajstić information content (AvgIpc) is 3.30. The second-order valence-electron chi connectivity index (χ2n) is 7.12. The van der Waals surface area contributed by atoms with Crippen molar-refractivity contribution in [2.75, 3.05) is 5.32 Å². The van der Waals surface area contributed by atoms with Gasteiger partial charge in [0, 0.05) is 17.6 Å². The first kappa shape index (κ1) is 17.1. The Balaban J connectivity index is 1.72. The maximum Gasteiger partial charge on any atom is 0.274 e. The van der Waals surface area contributed by atoms with Crippen molar-refractivity contribution < 1.29 is 4.79 Å². The number of hydrogen-bond donors (Lipinski definition) is 1. The van der Waals surface area contributed by atoms with Gasteiger partial charge in [-0.15, -0.1) is 0 Å². The maximum atomic E-state index is 13.0. The monoisotopic (exact) mass is 355 g/mol. The van der Waals surface area contributed by atoms with Crippen molar-refractivity contribution in [1.82, 2.24) is 4.57 Å². The number of hydrogen-bond acceptors (Lipinski definition) is 2. The van der Waals surface area contributed by atoms with Crippen LogP contribution in [0.1, 0.15) is 44.7 Å². The number of nitriles is 1. The highest BCUT2D eigenvalue weighted by atomic mass is 16.2. The molecule has 0 aliphatic heterocycles. The second-order valence-corrected chi connectivity index (χ2v) is 7.12. The molecule has 0 saturated carbocycles. The maximum absolute atomic E-state index is 13.0. The lowest BCUT2D eigenvalue weighted by Gasteiger charge is -2.13. The van der Waals surface area contributed by atoms with E-state index in [1.807, 2.05) is 42.7 Å². The van der Waals surface area contributed by atoms with Crippen LogP contribution in [0.3, 0.4) is 0 Å². The summed E-state index contributed by atoms with van der Waals surface area (Å²) in [6.45, 7) is 4.05. The molecular weight excluding hydrogens is 334 g/mol. The van der Waals surface area contributed by atoms with Gasteiger partial charge in [-0.05, 0) is 85.7 Å². The van der Waals surface area contributed by atoms with E-state index in [4.69, 9.17) is 0 Å². The van der Waals surface area contributed by atoms with Crippen LogP contribution in [0, 0.1) is 25.2 Å². The molecule has 3 aromatic rings. The van der Waals surface area contributed by atoms with E-state index >= 15 is 0 Å². The third-order valence-electron chi connectivity index (χ3n) is 5.35. The highest BCUT2D eigenvalue weighted by Crippen LogP contribution is 2.26. The standard InChI is InChI=1S/C23H21N3O/c1-15-6-8-20(12-16(15)2)25-23(27)22-19(14-24)10-11-26(22)21-9-7-17-4-3-5-18(17)13-21/h6-13H,3-5H2,1-2H3,(H,25,27). The van der Waals surface area contributed by atoms with Gasteiger partial charge in [-0.1, -0.05) is 12.1 Å². The summed E-state index contributed by atoms with van der Waals surface area (Å²) in [4.78, 5) is 13.0. The van der Waals surface area contributed by atoms with Gasteiger partial charge in [0.05, 0.1) is 5.56 Å². The zero-order valence-corrected chi connectivity index (χ0v) is 15.5. The molecule has 134 valence electrons. The number of amides is 1. The number of carbonyl (C=O) groups is 1. The molecule has 0 fully saturated rings. The normalized spacial score (nSPS) is 12.5. The lowest BCUT2D eigenvalue weighted by Crippen LogP contribution is -2.17. The van der Waals surface area contributed by atoms with Crippen molar-refractivity contribution in [3.63, 3.8) is 0 Å². The number of fused-ring (bicyclic) bond motifs is 1. The van der Waals surface area contributed by atoms with Crippen molar-refractivity contribution >= 4 is 11.6 Å². The van der Waals surface area contributed by atoms with Gasteiger partial charge in [0.1, 0.15) is 11.8 Å². The molecule has 1 aromatic heterocycles. The number of aryl methyl sites for hydroxylation is 4. The van der Waals surface area contributed by atoms with E-state index in [0.717, 1.165) is 29.8 Å². The lowest BCUT2D eigenvalue weighted by molar-refractivity contribution is 0.102. The molecule has 27 heavy (non-hydrogen) atoms. The predicted octanol–water partition coefficient (Wildman–Crippen LogP) is 4.71. The summed E-state index contributed by atoms with van der Waals surface area (Å²) in [5.41, 5.74) is 7.39. The highest BCUT2D eigenvalue weighted by molar-refractivity contribution is 6.05. The number of anilines is 1. The molecule has 0 bridgehead atoms. The van der Waals surface area contributed by atoms with E-state index in [9.17, 15) is 10.1 Å². The second kappa shape index (κ2) is 6.77. The summed E-state index contributed by atoms with van der Waals surface area (Å²) < 4.78 is 1.81. The Bertz CT molecular complexity index is 1090. The molecule has 4 heteroatoms. The third-order valence-corrected chi connectivity index (χ3v) is 5.35. The largest absolute Gasteiger partial charge is 0.321 e. The Morgan fingerprint density at radius 2 is 1.85 bits per heavy atom. The zero-order chi connectivity index (χ0) is 19.0. The van der Waals surface area contributed by atoms with Gasteiger partial charge >= 0.3 is 0 Å². The number of rotatable bonds is 3. The van der Waals surface area contributed by atoms with E-state index in [0.29, 0.717) is 11.3 Å². The molecule has 1 N–H and O–H groups in total. The van der Waals surface area contributed by atoms with Crippen molar-refractivity contribution in [3.05, 3.63) is 82.2 Å². The summed E-state index contributed by atoms with van der Waals surface area (Å²) in [6, 6.07) is 15.9. The van der Waals surface area contributed by atoms with E-state index in [1.165, 1.54) is 23.1 Å². The third kappa shape index (κ3) is 3.13. The molecule has 1 amide bonds. The first-order valence-electron chi connectivity index (χ1n) is 9.19. The fraction of sp³-hybridized carbons (Fsp3) is 0.217. The van der Waals surface area contributed by atoms with E-state index in [1.54, 1.807) is 12.3 Å². The zero-order valence-electron chi connectivity index (χ0n) is 15.5. The molecule has 0 saturated heterocycles. The van der Waals surface area contributed by atoms with Crippen LogP contribution >= 0.6 is 0 Å². The number of nitrogens with zero attached hydrogens (tertiary/aromatic N) is 2. The minimum absolute atomic E-state index is 0.277. The molecule has 2 aromatic carbocycles. The van der Waals surface area contributed by atoms with Gasteiger partial charge in [-0.2, -0.15) is 5.26 Å². The molecule has 4 rings (SSSR count). The van der Waals surface area contributed by atoms with Crippen LogP contribution in [0.4, 0.5) is 5.69 Å². The van der Waals surface area contributed by atoms with Gasteiger partial charge in [0.2, 0.25) is 0 Å². The molecule has 0 spiro atoms. The fourth-order valence-corrected chi connectivity index (χ4v) is 3.69. The van der Waals surface area contributed by atoms with Crippen LogP contribution in [-0.4, -0.2) is 10.5 Å². The molecular formula is C23H21N3O. The van der Waals surface area contributed by atoms with E-state index in [-0.39, 0.29) is 5.91 Å². The van der Waals surface area contributed by atoms with Crippen LogP contribution in [-0.2, 0) is 12.8 Å². The first-order valence-corrected chi connectivity index (χ1v) is 9.19. The summed E-state index contributed by atoms with van der Waals surface area (Å²) in [6.07, 6.45) is 5.16. The van der Waals surface area contributed by atoms with Gasteiger partial charge < -0.3 is 9.88 Å². The van der Waals surface area contributed by atoms with Crippen LogP contribution in [0.5, 0.6) is 0 Å². The molecule has 1 aliphatic rings. The van der Waals surface area contributed by atoms with Gasteiger partial charge in [-0.3, -0.25) is 4.79 Å². The van der Waals surface area contributed by atoms with Crippen LogP contribution in [0.15, 0.2) is 48.7 Å². The molecule has 0 unspecified atom stereocenters. The van der Waals surface area contributed by atoms with Gasteiger partial charge in [0.15, 0.2) is 0 Å². The van der Waals surface area contributed by atoms with Crippen molar-refractivity contribution in [3.8, 4) is 11.8 Å². The van der Waals surface area contributed by atoms with Crippen LogP contribution in [0.2, 0.25) is 0 Å². The SMILES string of the molecule is Cc1ccc(NC(=O)c2c(C#N)ccn2-c2ccc3c(c2)CCC3)cc1C. The van der Waals surface area contributed by atoms with Gasteiger partial charge in [0.25, 0.3) is 5.91 Å². The predicted molar refractivity (Wildman–Crippen MR) is 106 cm³/mol. The Hall–Kier alpha value is -3.32. The number of nitrogens with one attached hydrogen (secondary N) is 1. The number of carbonyl (C=O) groups excluding carboxylic acids is 1. The molecule has 1 heterocycles. The van der Waals surface area contributed by atoms with Gasteiger partial charge in [-0.25, -0.2) is 0 Å². The Labute approximate surface area is 159 Å². The number of benzene rings is 2. The van der Waals surface area contributed by atoms with E-state index < -0.39 is 0 Å². The van der Waals surface area contributed by atoms with Crippen LogP contribution < -0.4 is 5.32 Å². The number of aromatic nitrogens is 1. The fourth-order valence-electron chi connectivity index (χ4n) is 3.69. The average molecular weight is 355 g/mol. The summed E-state index contributed by atoms with van der Waals surface area (Å²) in [5, 5.41) is 12.4. The van der Waals surface area contributed by atoms with Crippen LogP contribution in [0.25, 0.3) is 5.69 Å². The topological polar surface area (TPSA) is 57.8 Å². The smallest absolute Gasteiger partial charge is 0.274 e. The van der Waals surface area contributed by atoms with Crippen molar-refractivity contribution in [1.29, 1.82) is 5.26 Å². The molecule has 4 nitrogen and oxygen atoms in total. The van der Waals surface area contributed by atoms with Crippen molar-refractivity contribution in [2.45, 2.75) is 33.1 Å². The molecule has 0 atom stereocenters. The Kier molecular flexibility index (Phi) is 4.29. The quantitative estimate of drug-likeness (QED) is 0.740. The minimum atomic E-state index is -0.277. The lowest BCUT2D eigenvalue weighted by atomic mass is 10.1. The molecule has 0 radical (unpaired) electrons.